The molecule has 1 aliphatic heterocycles. The number of carbonyl (C=O) groups is 1. The van der Waals surface area contributed by atoms with Crippen molar-refractivity contribution in [3.63, 3.8) is 0 Å². The van der Waals surface area contributed by atoms with Crippen LogP contribution in [0.4, 0.5) is 0 Å². The molecule has 6 heteroatoms. The largest absolute Gasteiger partial charge is 0.486 e. The number of ether oxygens (including phenoxy) is 2. The van der Waals surface area contributed by atoms with Crippen LogP contribution in [-0.2, 0) is 4.79 Å². The lowest BCUT2D eigenvalue weighted by Crippen LogP contribution is -2.49. The quantitative estimate of drug-likeness (QED) is 0.828. The van der Waals surface area contributed by atoms with Crippen molar-refractivity contribution in [2.45, 2.75) is 25.5 Å². The fourth-order valence-electron chi connectivity index (χ4n) is 2.38. The van der Waals surface area contributed by atoms with Crippen LogP contribution in [0.2, 0.25) is 0 Å². The standard InChI is InChI=1S/C16H24N2O3S/c1-3-18(16(19)13(17)8-9-22-2)10-12-11-20-14-6-4-5-7-15(14)21-12/h4-7,12-13H,3,8-11,17H2,1-2H3/t12?,13-/m0/s1. The first-order valence-electron chi connectivity index (χ1n) is 7.57. The number of hydrogen-bond acceptors (Lipinski definition) is 5. The summed E-state index contributed by atoms with van der Waals surface area (Å²) in [5.74, 6) is 2.36. The number of fused-ring (bicyclic) bond motifs is 1. The van der Waals surface area contributed by atoms with Crippen molar-refractivity contribution in [2.24, 2.45) is 5.73 Å². The molecule has 0 spiro atoms. The lowest BCUT2D eigenvalue weighted by atomic mass is 10.2. The smallest absolute Gasteiger partial charge is 0.239 e. The molecule has 0 aromatic heterocycles. The van der Waals surface area contributed by atoms with Gasteiger partial charge in [0.15, 0.2) is 17.6 Å². The molecule has 1 unspecified atom stereocenters. The third-order valence-corrected chi connectivity index (χ3v) is 4.28. The Balaban J connectivity index is 1.92. The highest BCUT2D eigenvalue weighted by molar-refractivity contribution is 7.98. The summed E-state index contributed by atoms with van der Waals surface area (Å²) in [4.78, 5) is 14.2. The molecule has 1 aromatic rings. The van der Waals surface area contributed by atoms with E-state index in [-0.39, 0.29) is 12.0 Å². The summed E-state index contributed by atoms with van der Waals surface area (Å²) in [6.07, 6.45) is 2.55. The summed E-state index contributed by atoms with van der Waals surface area (Å²) in [5, 5.41) is 0. The van der Waals surface area contributed by atoms with Crippen molar-refractivity contribution in [1.82, 2.24) is 4.90 Å². The van der Waals surface area contributed by atoms with Crippen LogP contribution in [0, 0.1) is 0 Å². The second-order valence-corrected chi connectivity index (χ2v) is 6.25. The SMILES string of the molecule is CCN(CC1COc2ccccc2O1)C(=O)[C@@H](N)CCSC. The zero-order valence-electron chi connectivity index (χ0n) is 13.2. The number of rotatable bonds is 7. The van der Waals surface area contributed by atoms with Gasteiger partial charge in [-0.1, -0.05) is 12.1 Å². The maximum absolute atomic E-state index is 12.4. The van der Waals surface area contributed by atoms with Crippen molar-refractivity contribution in [2.75, 3.05) is 31.7 Å². The number of carbonyl (C=O) groups excluding carboxylic acids is 1. The summed E-state index contributed by atoms with van der Waals surface area (Å²) in [6.45, 7) is 3.52. The fraction of sp³-hybridized carbons (Fsp3) is 0.562. The Hall–Kier alpha value is -1.40. The lowest BCUT2D eigenvalue weighted by molar-refractivity contribution is -0.134. The molecule has 0 saturated heterocycles. The van der Waals surface area contributed by atoms with Crippen molar-refractivity contribution in [1.29, 1.82) is 0 Å². The van der Waals surface area contributed by atoms with Crippen molar-refractivity contribution in [3.8, 4) is 11.5 Å². The molecular weight excluding hydrogens is 300 g/mol. The van der Waals surface area contributed by atoms with Crippen LogP contribution in [0.3, 0.4) is 0 Å². The van der Waals surface area contributed by atoms with E-state index in [1.165, 1.54) is 0 Å². The van der Waals surface area contributed by atoms with E-state index >= 15 is 0 Å². The Bertz CT molecular complexity index is 498. The van der Waals surface area contributed by atoms with Gasteiger partial charge in [0, 0.05) is 6.54 Å². The summed E-state index contributed by atoms with van der Waals surface area (Å²) in [5.41, 5.74) is 5.98. The zero-order chi connectivity index (χ0) is 15.9. The molecule has 0 bridgehead atoms. The van der Waals surface area contributed by atoms with Crippen LogP contribution in [0.15, 0.2) is 24.3 Å². The molecule has 1 heterocycles. The van der Waals surface area contributed by atoms with Gasteiger partial charge < -0.3 is 20.1 Å². The molecule has 2 atom stereocenters. The molecule has 0 fully saturated rings. The van der Waals surface area contributed by atoms with Crippen LogP contribution < -0.4 is 15.2 Å². The van der Waals surface area contributed by atoms with Gasteiger partial charge >= 0.3 is 0 Å². The number of hydrogen-bond donors (Lipinski definition) is 1. The van der Waals surface area contributed by atoms with Crippen LogP contribution >= 0.6 is 11.8 Å². The number of thioether (sulfide) groups is 1. The van der Waals surface area contributed by atoms with E-state index in [4.69, 9.17) is 15.2 Å². The molecule has 0 radical (unpaired) electrons. The van der Waals surface area contributed by atoms with Gasteiger partial charge in [-0.15, -0.1) is 0 Å². The van der Waals surface area contributed by atoms with Gasteiger partial charge in [-0.25, -0.2) is 0 Å². The number of nitrogens with zero attached hydrogens (tertiary/aromatic N) is 1. The normalized spacial score (nSPS) is 17.9. The van der Waals surface area contributed by atoms with E-state index in [1.54, 1.807) is 16.7 Å². The Labute approximate surface area is 136 Å². The fourth-order valence-corrected chi connectivity index (χ4v) is 2.87. The Kier molecular flexibility index (Phi) is 6.39. The molecule has 2 N–H and O–H groups in total. The van der Waals surface area contributed by atoms with Crippen molar-refractivity contribution >= 4 is 17.7 Å². The zero-order valence-corrected chi connectivity index (χ0v) is 14.0. The van der Waals surface area contributed by atoms with E-state index in [2.05, 4.69) is 0 Å². The minimum Gasteiger partial charge on any atom is -0.486 e. The maximum atomic E-state index is 12.4. The Morgan fingerprint density at radius 3 is 2.86 bits per heavy atom. The summed E-state index contributed by atoms with van der Waals surface area (Å²) in [6, 6.07) is 7.14. The molecule has 22 heavy (non-hydrogen) atoms. The first kappa shape index (κ1) is 17.0. The Morgan fingerprint density at radius 1 is 1.45 bits per heavy atom. The van der Waals surface area contributed by atoms with Crippen LogP contribution in [0.1, 0.15) is 13.3 Å². The maximum Gasteiger partial charge on any atom is 0.239 e. The highest BCUT2D eigenvalue weighted by atomic mass is 32.2. The first-order valence-corrected chi connectivity index (χ1v) is 8.96. The third kappa shape index (κ3) is 4.30. The van der Waals surface area contributed by atoms with Crippen molar-refractivity contribution < 1.29 is 14.3 Å². The molecule has 2 rings (SSSR count). The van der Waals surface area contributed by atoms with E-state index in [0.29, 0.717) is 26.1 Å². The number of benzene rings is 1. The molecule has 1 aromatic carbocycles. The number of likely N-dealkylation sites (N-methyl/N-ethyl adjacent to an activating group) is 1. The molecule has 5 nitrogen and oxygen atoms in total. The molecule has 1 amide bonds. The second kappa shape index (κ2) is 8.29. The van der Waals surface area contributed by atoms with Gasteiger partial charge in [-0.2, -0.15) is 11.8 Å². The summed E-state index contributed by atoms with van der Waals surface area (Å²) in [7, 11) is 0. The minimum absolute atomic E-state index is 0.0148. The van der Waals surface area contributed by atoms with Gasteiger partial charge in [0.25, 0.3) is 0 Å². The monoisotopic (exact) mass is 324 g/mol. The average molecular weight is 324 g/mol. The van der Waals surface area contributed by atoms with Crippen LogP contribution in [0.5, 0.6) is 11.5 Å². The van der Waals surface area contributed by atoms with Gasteiger partial charge in [0.05, 0.1) is 12.6 Å². The van der Waals surface area contributed by atoms with Gasteiger partial charge in [0.1, 0.15) is 6.61 Å². The predicted octanol–water partition coefficient (Wildman–Crippen LogP) is 1.76. The second-order valence-electron chi connectivity index (χ2n) is 5.26. The van der Waals surface area contributed by atoms with E-state index in [0.717, 1.165) is 17.3 Å². The van der Waals surface area contributed by atoms with E-state index in [9.17, 15) is 4.79 Å². The van der Waals surface area contributed by atoms with E-state index in [1.807, 2.05) is 37.4 Å². The number of amides is 1. The predicted molar refractivity (Wildman–Crippen MR) is 89.6 cm³/mol. The Morgan fingerprint density at radius 2 is 2.18 bits per heavy atom. The first-order chi connectivity index (χ1) is 10.7. The van der Waals surface area contributed by atoms with Crippen LogP contribution in [0.25, 0.3) is 0 Å². The number of nitrogens with two attached hydrogens (primary N) is 1. The summed E-state index contributed by atoms with van der Waals surface area (Å²) >= 11 is 1.70. The van der Waals surface area contributed by atoms with Gasteiger partial charge in [-0.3, -0.25) is 4.79 Å². The van der Waals surface area contributed by atoms with Crippen molar-refractivity contribution in [3.05, 3.63) is 24.3 Å². The lowest BCUT2D eigenvalue weighted by Gasteiger charge is -2.32. The molecule has 1 aliphatic rings. The molecule has 0 aliphatic carbocycles. The van der Waals surface area contributed by atoms with E-state index < -0.39 is 6.04 Å². The van der Waals surface area contributed by atoms with Crippen LogP contribution in [-0.4, -0.2) is 54.7 Å². The van der Waals surface area contributed by atoms with Gasteiger partial charge in [0.2, 0.25) is 5.91 Å². The van der Waals surface area contributed by atoms with Gasteiger partial charge in [-0.05, 0) is 37.5 Å². The molecular formula is C16H24N2O3S. The minimum atomic E-state index is -0.441. The number of para-hydroxylation sites is 2. The highest BCUT2D eigenvalue weighted by Gasteiger charge is 2.26. The molecule has 0 saturated carbocycles. The summed E-state index contributed by atoms with van der Waals surface area (Å²) < 4.78 is 11.6. The third-order valence-electron chi connectivity index (χ3n) is 3.64. The highest BCUT2D eigenvalue weighted by Crippen LogP contribution is 2.31. The average Bonchev–Trinajstić information content (AvgIpc) is 2.56. The molecule has 122 valence electrons. The topological polar surface area (TPSA) is 64.8 Å².